The molecule has 0 heterocycles. The SMILES string of the molecule is C=CCNC1(C(=O)O)CCCC1. The smallest absolute Gasteiger partial charge is 0.323 e. The molecule has 0 aliphatic heterocycles. The van der Waals surface area contributed by atoms with Crippen molar-refractivity contribution in [3.63, 3.8) is 0 Å². The van der Waals surface area contributed by atoms with Gasteiger partial charge in [0.2, 0.25) is 0 Å². The van der Waals surface area contributed by atoms with Crippen LogP contribution in [0.2, 0.25) is 0 Å². The van der Waals surface area contributed by atoms with Crippen LogP contribution in [0.25, 0.3) is 0 Å². The van der Waals surface area contributed by atoms with Crippen molar-refractivity contribution in [3.8, 4) is 0 Å². The van der Waals surface area contributed by atoms with Crippen molar-refractivity contribution in [2.24, 2.45) is 0 Å². The van der Waals surface area contributed by atoms with Gasteiger partial charge in [-0.25, -0.2) is 0 Å². The average molecular weight is 169 g/mol. The van der Waals surface area contributed by atoms with Gasteiger partial charge in [-0.2, -0.15) is 0 Å². The predicted octanol–water partition coefficient (Wildman–Crippen LogP) is 1.16. The maximum Gasteiger partial charge on any atom is 0.323 e. The first-order valence-corrected chi connectivity index (χ1v) is 4.30. The molecule has 0 aromatic rings. The van der Waals surface area contributed by atoms with Gasteiger partial charge in [0.25, 0.3) is 0 Å². The summed E-state index contributed by atoms with van der Waals surface area (Å²) >= 11 is 0. The Bertz CT molecular complexity index is 183. The summed E-state index contributed by atoms with van der Waals surface area (Å²) in [4.78, 5) is 10.9. The number of hydrogen-bond acceptors (Lipinski definition) is 2. The first-order valence-electron chi connectivity index (χ1n) is 4.30. The molecule has 0 radical (unpaired) electrons. The van der Waals surface area contributed by atoms with E-state index >= 15 is 0 Å². The van der Waals surface area contributed by atoms with Crippen molar-refractivity contribution < 1.29 is 9.90 Å². The molecule has 2 N–H and O–H groups in total. The molecule has 0 amide bonds. The van der Waals surface area contributed by atoms with E-state index in [1.54, 1.807) is 6.08 Å². The second-order valence-electron chi connectivity index (χ2n) is 3.26. The first kappa shape index (κ1) is 9.26. The third-order valence-electron chi connectivity index (χ3n) is 2.45. The Hall–Kier alpha value is -0.830. The van der Waals surface area contributed by atoms with Crippen LogP contribution >= 0.6 is 0 Å². The molecular weight excluding hydrogens is 154 g/mol. The molecule has 0 bridgehead atoms. The molecule has 1 aliphatic carbocycles. The summed E-state index contributed by atoms with van der Waals surface area (Å²) in [5.41, 5.74) is -0.659. The van der Waals surface area contributed by atoms with Crippen LogP contribution in [-0.2, 0) is 4.79 Å². The summed E-state index contributed by atoms with van der Waals surface area (Å²) in [6, 6.07) is 0. The van der Waals surface area contributed by atoms with Gasteiger partial charge in [0, 0.05) is 6.54 Å². The number of nitrogens with one attached hydrogen (secondary N) is 1. The summed E-state index contributed by atoms with van der Waals surface area (Å²) in [6.07, 6.45) is 5.21. The van der Waals surface area contributed by atoms with E-state index in [1.807, 2.05) is 0 Å². The van der Waals surface area contributed by atoms with E-state index in [1.165, 1.54) is 0 Å². The molecule has 12 heavy (non-hydrogen) atoms. The zero-order valence-electron chi connectivity index (χ0n) is 7.18. The lowest BCUT2D eigenvalue weighted by Crippen LogP contribution is -2.49. The van der Waals surface area contributed by atoms with Crippen LogP contribution in [-0.4, -0.2) is 23.2 Å². The second-order valence-corrected chi connectivity index (χ2v) is 3.26. The Morgan fingerprint density at radius 2 is 2.17 bits per heavy atom. The quantitative estimate of drug-likeness (QED) is 0.621. The Kier molecular flexibility index (Phi) is 2.87. The van der Waals surface area contributed by atoms with E-state index in [2.05, 4.69) is 11.9 Å². The molecule has 0 atom stereocenters. The minimum Gasteiger partial charge on any atom is -0.480 e. The molecule has 0 saturated heterocycles. The minimum atomic E-state index is -0.721. The van der Waals surface area contributed by atoms with Crippen LogP contribution in [0.3, 0.4) is 0 Å². The van der Waals surface area contributed by atoms with E-state index in [9.17, 15) is 4.79 Å². The van der Waals surface area contributed by atoms with Crippen LogP contribution < -0.4 is 5.32 Å². The summed E-state index contributed by atoms with van der Waals surface area (Å²) < 4.78 is 0. The van der Waals surface area contributed by atoms with Crippen molar-refractivity contribution >= 4 is 5.97 Å². The first-order chi connectivity index (χ1) is 5.71. The number of rotatable bonds is 4. The van der Waals surface area contributed by atoms with Crippen molar-refractivity contribution in [2.75, 3.05) is 6.54 Å². The highest BCUT2D eigenvalue weighted by molar-refractivity contribution is 5.79. The van der Waals surface area contributed by atoms with E-state index in [4.69, 9.17) is 5.11 Å². The Labute approximate surface area is 72.5 Å². The van der Waals surface area contributed by atoms with Crippen molar-refractivity contribution in [2.45, 2.75) is 31.2 Å². The Morgan fingerprint density at radius 3 is 2.58 bits per heavy atom. The van der Waals surface area contributed by atoms with Crippen LogP contribution in [0, 0.1) is 0 Å². The molecule has 0 aromatic heterocycles. The molecule has 3 heteroatoms. The third-order valence-corrected chi connectivity index (χ3v) is 2.45. The highest BCUT2D eigenvalue weighted by Crippen LogP contribution is 2.29. The predicted molar refractivity (Wildman–Crippen MR) is 47.0 cm³/mol. The van der Waals surface area contributed by atoms with E-state index < -0.39 is 11.5 Å². The summed E-state index contributed by atoms with van der Waals surface area (Å²) in [5.74, 6) is -0.721. The van der Waals surface area contributed by atoms with Gasteiger partial charge in [-0.3, -0.25) is 10.1 Å². The fourth-order valence-corrected chi connectivity index (χ4v) is 1.71. The molecule has 68 valence electrons. The van der Waals surface area contributed by atoms with Gasteiger partial charge in [0.1, 0.15) is 5.54 Å². The van der Waals surface area contributed by atoms with Gasteiger partial charge in [-0.15, -0.1) is 6.58 Å². The Balaban J connectivity index is 2.58. The second kappa shape index (κ2) is 3.72. The van der Waals surface area contributed by atoms with Crippen molar-refractivity contribution in [1.29, 1.82) is 0 Å². The number of carboxylic acids is 1. The molecule has 0 unspecified atom stereocenters. The maximum absolute atomic E-state index is 10.9. The minimum absolute atomic E-state index is 0.576. The molecule has 3 nitrogen and oxygen atoms in total. The monoisotopic (exact) mass is 169 g/mol. The van der Waals surface area contributed by atoms with Crippen LogP contribution in [0.1, 0.15) is 25.7 Å². The lowest BCUT2D eigenvalue weighted by molar-refractivity contribution is -0.144. The average Bonchev–Trinajstić information content (AvgIpc) is 2.50. The number of hydrogen-bond donors (Lipinski definition) is 2. The lowest BCUT2D eigenvalue weighted by atomic mass is 9.98. The molecule has 1 saturated carbocycles. The van der Waals surface area contributed by atoms with E-state index in [-0.39, 0.29) is 0 Å². The topological polar surface area (TPSA) is 49.3 Å². The molecule has 1 rings (SSSR count). The lowest BCUT2D eigenvalue weighted by Gasteiger charge is -2.24. The van der Waals surface area contributed by atoms with E-state index in [0.717, 1.165) is 25.7 Å². The van der Waals surface area contributed by atoms with Crippen molar-refractivity contribution in [3.05, 3.63) is 12.7 Å². The van der Waals surface area contributed by atoms with Crippen LogP contribution in [0.4, 0.5) is 0 Å². The van der Waals surface area contributed by atoms with Gasteiger partial charge in [-0.05, 0) is 12.8 Å². The highest BCUT2D eigenvalue weighted by atomic mass is 16.4. The van der Waals surface area contributed by atoms with Gasteiger partial charge in [0.05, 0.1) is 0 Å². The molecule has 1 aliphatic rings. The normalized spacial score (nSPS) is 20.7. The fourth-order valence-electron chi connectivity index (χ4n) is 1.71. The number of carbonyl (C=O) groups is 1. The molecule has 0 spiro atoms. The summed E-state index contributed by atoms with van der Waals surface area (Å²) in [5, 5.41) is 12.0. The summed E-state index contributed by atoms with van der Waals surface area (Å²) in [7, 11) is 0. The van der Waals surface area contributed by atoms with E-state index in [0.29, 0.717) is 6.54 Å². The van der Waals surface area contributed by atoms with Gasteiger partial charge in [-0.1, -0.05) is 18.9 Å². The van der Waals surface area contributed by atoms with Gasteiger partial charge in [0.15, 0.2) is 0 Å². The fraction of sp³-hybridized carbons (Fsp3) is 0.667. The van der Waals surface area contributed by atoms with Crippen molar-refractivity contribution in [1.82, 2.24) is 5.32 Å². The number of carboxylic acid groups (broad SMARTS) is 1. The third kappa shape index (κ3) is 1.67. The summed E-state index contributed by atoms with van der Waals surface area (Å²) in [6.45, 7) is 4.13. The number of aliphatic carboxylic acids is 1. The van der Waals surface area contributed by atoms with Crippen LogP contribution in [0.5, 0.6) is 0 Å². The standard InChI is InChI=1S/C9H15NO2/c1-2-7-10-9(8(11)12)5-3-4-6-9/h2,10H,1,3-7H2,(H,11,12). The van der Waals surface area contributed by atoms with Gasteiger partial charge >= 0.3 is 5.97 Å². The molecule has 1 fully saturated rings. The Morgan fingerprint density at radius 1 is 1.58 bits per heavy atom. The maximum atomic E-state index is 10.9. The van der Waals surface area contributed by atoms with Gasteiger partial charge < -0.3 is 5.11 Å². The van der Waals surface area contributed by atoms with Crippen LogP contribution in [0.15, 0.2) is 12.7 Å². The highest BCUT2D eigenvalue weighted by Gasteiger charge is 2.40. The molecular formula is C9H15NO2. The zero-order chi connectivity index (χ0) is 9.03. The zero-order valence-corrected chi connectivity index (χ0v) is 7.18. The largest absolute Gasteiger partial charge is 0.480 e. The molecule has 0 aromatic carbocycles.